The molecule has 2 rings (SSSR count). The highest BCUT2D eigenvalue weighted by molar-refractivity contribution is 9.10. The van der Waals surface area contributed by atoms with Gasteiger partial charge in [0, 0.05) is 22.5 Å². The largest absolute Gasteiger partial charge is 0.493 e. The lowest BCUT2D eigenvalue weighted by atomic mass is 9.97. The van der Waals surface area contributed by atoms with E-state index < -0.39 is 0 Å². The molecule has 1 unspecified atom stereocenters. The molecular formula is C10H12BrNO. The minimum Gasteiger partial charge on any atom is -0.493 e. The predicted molar refractivity (Wildman–Crippen MR) is 55.9 cm³/mol. The van der Waals surface area contributed by atoms with Crippen LogP contribution in [-0.2, 0) is 0 Å². The second-order valence-corrected chi connectivity index (χ2v) is 4.18. The van der Waals surface area contributed by atoms with Gasteiger partial charge >= 0.3 is 0 Å². The number of ether oxygens (including phenoxy) is 1. The molecule has 0 aromatic heterocycles. The van der Waals surface area contributed by atoms with Gasteiger partial charge in [-0.25, -0.2) is 0 Å². The van der Waals surface area contributed by atoms with Gasteiger partial charge in [-0.15, -0.1) is 0 Å². The van der Waals surface area contributed by atoms with Crippen LogP contribution in [0.3, 0.4) is 0 Å². The average molecular weight is 242 g/mol. The third-order valence-electron chi connectivity index (χ3n) is 2.47. The number of fused-ring (bicyclic) bond motifs is 1. The first-order chi connectivity index (χ1) is 6.20. The Morgan fingerprint density at radius 1 is 1.54 bits per heavy atom. The van der Waals surface area contributed by atoms with E-state index in [4.69, 9.17) is 10.5 Å². The zero-order chi connectivity index (χ0) is 9.42. The summed E-state index contributed by atoms with van der Waals surface area (Å²) in [7, 11) is 0. The summed E-state index contributed by atoms with van der Waals surface area (Å²) in [5, 5.41) is 0. The van der Waals surface area contributed by atoms with Crippen molar-refractivity contribution < 1.29 is 4.74 Å². The van der Waals surface area contributed by atoms with E-state index in [1.165, 1.54) is 5.56 Å². The van der Waals surface area contributed by atoms with Crippen molar-refractivity contribution >= 4 is 15.9 Å². The summed E-state index contributed by atoms with van der Waals surface area (Å²) in [6, 6.07) is 4.11. The summed E-state index contributed by atoms with van der Waals surface area (Å²) in [6.45, 7) is 2.80. The maximum absolute atomic E-state index is 6.02. The lowest BCUT2D eigenvalue weighted by molar-refractivity contribution is 0.268. The van der Waals surface area contributed by atoms with Crippen LogP contribution in [0, 0.1) is 6.92 Å². The molecule has 13 heavy (non-hydrogen) atoms. The Labute approximate surface area is 86.2 Å². The van der Waals surface area contributed by atoms with Crippen molar-refractivity contribution in [3.63, 3.8) is 0 Å². The monoisotopic (exact) mass is 241 g/mol. The van der Waals surface area contributed by atoms with Gasteiger partial charge in [0.15, 0.2) is 0 Å². The molecule has 0 fully saturated rings. The van der Waals surface area contributed by atoms with E-state index in [0.29, 0.717) is 0 Å². The number of rotatable bonds is 0. The van der Waals surface area contributed by atoms with Crippen LogP contribution in [0.4, 0.5) is 0 Å². The minimum atomic E-state index is 0.126. The van der Waals surface area contributed by atoms with Crippen molar-refractivity contribution in [1.29, 1.82) is 0 Å². The van der Waals surface area contributed by atoms with Crippen molar-refractivity contribution in [1.82, 2.24) is 0 Å². The van der Waals surface area contributed by atoms with E-state index >= 15 is 0 Å². The summed E-state index contributed by atoms with van der Waals surface area (Å²) in [5.41, 5.74) is 8.37. The van der Waals surface area contributed by atoms with E-state index in [1.807, 2.05) is 12.1 Å². The minimum absolute atomic E-state index is 0.126. The Morgan fingerprint density at radius 2 is 2.31 bits per heavy atom. The molecule has 1 atom stereocenters. The summed E-state index contributed by atoms with van der Waals surface area (Å²) in [4.78, 5) is 0. The van der Waals surface area contributed by atoms with E-state index in [1.54, 1.807) is 0 Å². The molecule has 2 N–H and O–H groups in total. The topological polar surface area (TPSA) is 35.2 Å². The summed E-state index contributed by atoms with van der Waals surface area (Å²) in [6.07, 6.45) is 0.907. The van der Waals surface area contributed by atoms with Crippen LogP contribution in [-0.4, -0.2) is 6.61 Å². The highest BCUT2D eigenvalue weighted by Gasteiger charge is 2.20. The second kappa shape index (κ2) is 3.31. The summed E-state index contributed by atoms with van der Waals surface area (Å²) < 4.78 is 6.63. The van der Waals surface area contributed by atoms with Crippen molar-refractivity contribution in [2.45, 2.75) is 19.4 Å². The van der Waals surface area contributed by atoms with Gasteiger partial charge in [0.1, 0.15) is 5.75 Å². The van der Waals surface area contributed by atoms with E-state index in [2.05, 4.69) is 22.9 Å². The predicted octanol–water partition coefficient (Wildman–Crippen LogP) is 2.54. The zero-order valence-electron chi connectivity index (χ0n) is 7.51. The van der Waals surface area contributed by atoms with Crippen LogP contribution in [0.1, 0.15) is 23.6 Å². The molecule has 1 heterocycles. The highest BCUT2D eigenvalue weighted by Crippen LogP contribution is 2.36. The molecule has 2 nitrogen and oxygen atoms in total. The van der Waals surface area contributed by atoms with Gasteiger partial charge in [-0.2, -0.15) is 0 Å². The SMILES string of the molecule is Cc1c(Br)ccc2c1C(N)CCO2. The molecule has 70 valence electrons. The highest BCUT2D eigenvalue weighted by atomic mass is 79.9. The number of benzene rings is 1. The number of hydrogen-bond acceptors (Lipinski definition) is 2. The first kappa shape index (κ1) is 9.03. The fourth-order valence-electron chi connectivity index (χ4n) is 1.70. The first-order valence-electron chi connectivity index (χ1n) is 4.37. The van der Waals surface area contributed by atoms with Gasteiger partial charge in [-0.1, -0.05) is 15.9 Å². The summed E-state index contributed by atoms with van der Waals surface area (Å²) in [5.74, 6) is 0.944. The fraction of sp³-hybridized carbons (Fsp3) is 0.400. The van der Waals surface area contributed by atoms with Crippen LogP contribution in [0.5, 0.6) is 5.75 Å². The molecule has 0 bridgehead atoms. The normalized spacial score (nSPS) is 20.7. The maximum atomic E-state index is 6.02. The Morgan fingerprint density at radius 3 is 3.08 bits per heavy atom. The molecule has 0 spiro atoms. The molecule has 1 aliphatic rings. The molecule has 1 aromatic carbocycles. The van der Waals surface area contributed by atoms with Crippen LogP contribution in [0.15, 0.2) is 16.6 Å². The molecule has 3 heteroatoms. The zero-order valence-corrected chi connectivity index (χ0v) is 9.10. The van der Waals surface area contributed by atoms with E-state index in [9.17, 15) is 0 Å². The number of nitrogens with two attached hydrogens (primary N) is 1. The van der Waals surface area contributed by atoms with Gasteiger partial charge in [-0.3, -0.25) is 0 Å². The van der Waals surface area contributed by atoms with Crippen molar-refractivity contribution in [2.24, 2.45) is 5.73 Å². The van der Waals surface area contributed by atoms with Gasteiger partial charge in [0.25, 0.3) is 0 Å². The molecule has 1 aliphatic heterocycles. The lowest BCUT2D eigenvalue weighted by Gasteiger charge is -2.25. The fourth-order valence-corrected chi connectivity index (χ4v) is 2.05. The van der Waals surface area contributed by atoms with Crippen LogP contribution in [0.2, 0.25) is 0 Å². The molecule has 0 saturated carbocycles. The average Bonchev–Trinajstić information content (AvgIpc) is 2.12. The van der Waals surface area contributed by atoms with Crippen LogP contribution < -0.4 is 10.5 Å². The molecular weight excluding hydrogens is 230 g/mol. The molecule has 0 saturated heterocycles. The van der Waals surface area contributed by atoms with Gasteiger partial charge in [0.05, 0.1) is 6.61 Å². The number of halogens is 1. The quantitative estimate of drug-likeness (QED) is 0.758. The van der Waals surface area contributed by atoms with Gasteiger partial charge < -0.3 is 10.5 Å². The Bertz CT molecular complexity index is 338. The van der Waals surface area contributed by atoms with Gasteiger partial charge in [0.2, 0.25) is 0 Å². The third kappa shape index (κ3) is 1.46. The Hall–Kier alpha value is -0.540. The second-order valence-electron chi connectivity index (χ2n) is 3.33. The van der Waals surface area contributed by atoms with Crippen LogP contribution >= 0.6 is 15.9 Å². The smallest absolute Gasteiger partial charge is 0.124 e. The molecule has 0 amide bonds. The van der Waals surface area contributed by atoms with E-state index in [-0.39, 0.29) is 6.04 Å². The van der Waals surface area contributed by atoms with Crippen molar-refractivity contribution in [3.05, 3.63) is 27.7 Å². The molecule has 0 aliphatic carbocycles. The van der Waals surface area contributed by atoms with Gasteiger partial charge in [-0.05, 0) is 24.6 Å². The van der Waals surface area contributed by atoms with Crippen LogP contribution in [0.25, 0.3) is 0 Å². The maximum Gasteiger partial charge on any atom is 0.124 e. The Balaban J connectivity index is 2.58. The summed E-state index contributed by atoms with van der Waals surface area (Å²) >= 11 is 3.49. The molecule has 1 aromatic rings. The first-order valence-corrected chi connectivity index (χ1v) is 5.17. The third-order valence-corrected chi connectivity index (χ3v) is 3.33. The Kier molecular flexibility index (Phi) is 2.30. The standard InChI is InChI=1S/C10H12BrNO/c1-6-7(11)2-3-9-10(6)8(12)4-5-13-9/h2-3,8H,4-5,12H2,1H3. The molecule has 0 radical (unpaired) electrons. The van der Waals surface area contributed by atoms with Crippen molar-refractivity contribution in [3.8, 4) is 5.75 Å². The lowest BCUT2D eigenvalue weighted by Crippen LogP contribution is -2.21. The number of hydrogen-bond donors (Lipinski definition) is 1. The van der Waals surface area contributed by atoms with E-state index in [0.717, 1.165) is 28.8 Å². The van der Waals surface area contributed by atoms with Crippen molar-refractivity contribution in [2.75, 3.05) is 6.61 Å².